The van der Waals surface area contributed by atoms with Crippen LogP contribution in [-0.4, -0.2) is 12.6 Å². The number of rotatable bonds is 4. The second kappa shape index (κ2) is 9.36. The van der Waals surface area contributed by atoms with E-state index in [0.29, 0.717) is 17.8 Å². The predicted molar refractivity (Wildman–Crippen MR) is 121 cm³/mol. The van der Waals surface area contributed by atoms with Gasteiger partial charge < -0.3 is 26.1 Å². The molecule has 0 spiro atoms. The van der Waals surface area contributed by atoms with Crippen LogP contribution in [0, 0.1) is 23.7 Å². The Hall–Kier alpha value is -3.17. The van der Waals surface area contributed by atoms with Gasteiger partial charge in [-0.15, -0.1) is 0 Å². The van der Waals surface area contributed by atoms with E-state index in [1.165, 1.54) is 0 Å². The Morgan fingerprint density at radius 1 is 1.27 bits per heavy atom. The van der Waals surface area contributed by atoms with Crippen molar-refractivity contribution in [3.05, 3.63) is 75.4 Å². The Morgan fingerprint density at radius 3 is 2.91 bits per heavy atom. The van der Waals surface area contributed by atoms with Gasteiger partial charge in [-0.1, -0.05) is 11.8 Å². The standard InChI is InChI=1S/C27H24NO4.BrH/c1-3-31-27(30)25-21-10-5-4-8-17-16-23-19(15-22(17)24(21)25)14-18(26(29)32-23)11-12-20-9-6-7-13-28(20)2;/h6-7,9,11-16,21,24-25H,3,5,10H2,1-2H3;1H/q+1;/p-1/b12-11+;. The van der Waals surface area contributed by atoms with E-state index in [0.717, 1.165) is 35.0 Å². The van der Waals surface area contributed by atoms with Crippen LogP contribution in [-0.2, 0) is 16.6 Å². The molecule has 2 aliphatic carbocycles. The lowest BCUT2D eigenvalue weighted by Gasteiger charge is -2.09. The molecule has 0 amide bonds. The molecule has 2 aromatic heterocycles. The highest BCUT2D eigenvalue weighted by molar-refractivity contribution is 5.85. The highest BCUT2D eigenvalue weighted by atomic mass is 79.9. The zero-order chi connectivity index (χ0) is 22.2. The predicted octanol–water partition coefficient (Wildman–Crippen LogP) is 0.830. The minimum absolute atomic E-state index is 0. The van der Waals surface area contributed by atoms with Crippen molar-refractivity contribution in [2.45, 2.75) is 25.7 Å². The third-order valence-corrected chi connectivity index (χ3v) is 6.37. The smallest absolute Gasteiger partial charge is 0.343 e. The molecule has 1 saturated carbocycles. The summed E-state index contributed by atoms with van der Waals surface area (Å²) in [5.74, 6) is 6.51. The van der Waals surface area contributed by atoms with Gasteiger partial charge in [0, 0.05) is 41.5 Å². The molecular weight excluding hydrogens is 482 g/mol. The Labute approximate surface area is 202 Å². The van der Waals surface area contributed by atoms with Crippen LogP contribution in [0.4, 0.5) is 0 Å². The van der Waals surface area contributed by atoms with E-state index in [2.05, 4.69) is 11.8 Å². The summed E-state index contributed by atoms with van der Waals surface area (Å²) >= 11 is 0. The molecule has 2 heterocycles. The number of ether oxygens (including phenoxy) is 1. The fourth-order valence-electron chi connectivity index (χ4n) is 4.70. The quantitative estimate of drug-likeness (QED) is 0.228. The van der Waals surface area contributed by atoms with Crippen LogP contribution in [0.25, 0.3) is 23.1 Å². The molecule has 3 atom stereocenters. The normalized spacial score (nSPS) is 20.5. The first-order valence-electron chi connectivity index (χ1n) is 11.0. The summed E-state index contributed by atoms with van der Waals surface area (Å²) in [4.78, 5) is 25.1. The van der Waals surface area contributed by atoms with Crippen LogP contribution < -0.4 is 27.2 Å². The number of pyridine rings is 1. The van der Waals surface area contributed by atoms with Crippen LogP contribution in [0.15, 0.2) is 51.8 Å². The Kier molecular flexibility index (Phi) is 6.53. The van der Waals surface area contributed by atoms with Crippen molar-refractivity contribution < 1.29 is 35.5 Å². The van der Waals surface area contributed by atoms with E-state index in [-0.39, 0.29) is 46.3 Å². The first kappa shape index (κ1) is 23.0. The molecule has 2 aliphatic rings. The van der Waals surface area contributed by atoms with Gasteiger partial charge in [0.05, 0.1) is 18.1 Å². The van der Waals surface area contributed by atoms with E-state index in [4.69, 9.17) is 9.15 Å². The topological polar surface area (TPSA) is 60.4 Å². The molecule has 33 heavy (non-hydrogen) atoms. The minimum atomic E-state index is -0.389. The number of benzene rings is 1. The fraction of sp³-hybridized carbons (Fsp3) is 0.296. The molecule has 1 aromatic carbocycles. The number of esters is 1. The van der Waals surface area contributed by atoms with Crippen LogP contribution in [0.1, 0.15) is 48.1 Å². The van der Waals surface area contributed by atoms with Gasteiger partial charge in [0.1, 0.15) is 12.6 Å². The molecule has 1 fully saturated rings. The summed E-state index contributed by atoms with van der Waals surface area (Å²) in [6, 6.07) is 11.6. The van der Waals surface area contributed by atoms with Crippen molar-refractivity contribution in [1.82, 2.24) is 0 Å². The van der Waals surface area contributed by atoms with Gasteiger partial charge in [-0.3, -0.25) is 4.79 Å². The third-order valence-electron chi connectivity index (χ3n) is 6.37. The lowest BCUT2D eigenvalue weighted by Crippen LogP contribution is -3.00. The van der Waals surface area contributed by atoms with Gasteiger partial charge in [0.15, 0.2) is 6.20 Å². The van der Waals surface area contributed by atoms with E-state index in [9.17, 15) is 9.59 Å². The molecular formula is C27H24BrNO4. The average molecular weight is 506 g/mol. The fourth-order valence-corrected chi connectivity index (χ4v) is 4.70. The van der Waals surface area contributed by atoms with E-state index in [1.807, 2.05) is 67.2 Å². The first-order valence-corrected chi connectivity index (χ1v) is 11.0. The molecule has 5 nitrogen and oxygen atoms in total. The van der Waals surface area contributed by atoms with Gasteiger partial charge in [-0.25, -0.2) is 9.36 Å². The summed E-state index contributed by atoms with van der Waals surface area (Å²) in [6.45, 7) is 2.22. The van der Waals surface area contributed by atoms with E-state index in [1.54, 1.807) is 6.08 Å². The second-order valence-electron chi connectivity index (χ2n) is 8.34. The van der Waals surface area contributed by atoms with Crippen molar-refractivity contribution in [1.29, 1.82) is 0 Å². The molecule has 3 unspecified atom stereocenters. The number of aromatic nitrogens is 1. The number of hydrogen-bond donors (Lipinski definition) is 0. The lowest BCUT2D eigenvalue weighted by molar-refractivity contribution is -0.673. The molecule has 0 bridgehead atoms. The van der Waals surface area contributed by atoms with Crippen molar-refractivity contribution in [2.24, 2.45) is 18.9 Å². The van der Waals surface area contributed by atoms with E-state index < -0.39 is 0 Å². The van der Waals surface area contributed by atoms with Gasteiger partial charge in [-0.2, -0.15) is 0 Å². The summed E-state index contributed by atoms with van der Waals surface area (Å²) < 4.78 is 12.9. The molecule has 0 aliphatic heterocycles. The molecule has 0 N–H and O–H groups in total. The largest absolute Gasteiger partial charge is 1.00 e. The number of fused-ring (bicyclic) bond motifs is 4. The van der Waals surface area contributed by atoms with Crippen LogP contribution in [0.3, 0.4) is 0 Å². The third kappa shape index (κ3) is 4.38. The number of halogens is 1. The molecule has 3 aromatic rings. The number of carbonyl (C=O) groups is 1. The zero-order valence-corrected chi connectivity index (χ0v) is 20.1. The minimum Gasteiger partial charge on any atom is -1.00 e. The zero-order valence-electron chi connectivity index (χ0n) is 18.5. The number of aryl methyl sites for hydroxylation is 1. The van der Waals surface area contributed by atoms with Gasteiger partial charge in [-0.05, 0) is 55.2 Å². The molecule has 168 valence electrons. The van der Waals surface area contributed by atoms with Crippen LogP contribution in [0.2, 0.25) is 0 Å². The molecule has 0 radical (unpaired) electrons. The molecule has 5 rings (SSSR count). The first-order chi connectivity index (χ1) is 15.6. The molecule has 0 saturated heterocycles. The van der Waals surface area contributed by atoms with Gasteiger partial charge in [0.2, 0.25) is 5.69 Å². The number of carbonyl (C=O) groups excluding carboxylic acids is 1. The summed E-state index contributed by atoms with van der Waals surface area (Å²) in [7, 11) is 1.95. The highest BCUT2D eigenvalue weighted by Gasteiger charge is 2.56. The Bertz CT molecular complexity index is 1380. The van der Waals surface area contributed by atoms with Crippen molar-refractivity contribution >= 4 is 29.1 Å². The monoisotopic (exact) mass is 505 g/mol. The SMILES string of the molecule is CCOC(=O)C1C2CCC#Cc3cc4oc(=O)c(/C=C/c5cccc[n+]5C)cc4cc3C21.[Br-]. The highest BCUT2D eigenvalue weighted by Crippen LogP contribution is 2.58. The average Bonchev–Trinajstić information content (AvgIpc) is 3.48. The molecule has 6 heteroatoms. The van der Waals surface area contributed by atoms with E-state index >= 15 is 0 Å². The lowest BCUT2D eigenvalue weighted by atomic mass is 9.96. The number of nitrogens with zero attached hydrogens (tertiary/aromatic N) is 1. The summed E-state index contributed by atoms with van der Waals surface area (Å²) in [5.41, 5.74) is 3.45. The summed E-state index contributed by atoms with van der Waals surface area (Å²) in [5, 5.41) is 0.830. The van der Waals surface area contributed by atoms with Crippen LogP contribution in [0.5, 0.6) is 0 Å². The summed E-state index contributed by atoms with van der Waals surface area (Å²) in [6.07, 6.45) is 7.26. The van der Waals surface area contributed by atoms with Crippen molar-refractivity contribution in [2.75, 3.05) is 6.61 Å². The maximum Gasteiger partial charge on any atom is 0.343 e. The van der Waals surface area contributed by atoms with Gasteiger partial charge in [0.25, 0.3) is 0 Å². The Morgan fingerprint density at radius 2 is 2.12 bits per heavy atom. The number of hydrogen-bond acceptors (Lipinski definition) is 4. The van der Waals surface area contributed by atoms with Gasteiger partial charge >= 0.3 is 11.6 Å². The van der Waals surface area contributed by atoms with Crippen molar-refractivity contribution in [3.63, 3.8) is 0 Å². The second-order valence-corrected chi connectivity index (χ2v) is 8.34. The Balaban J connectivity index is 0.00000259. The maximum atomic E-state index is 12.6. The van der Waals surface area contributed by atoms with Crippen molar-refractivity contribution in [3.8, 4) is 11.8 Å². The van der Waals surface area contributed by atoms with Crippen LogP contribution >= 0.6 is 0 Å². The maximum absolute atomic E-state index is 12.6.